The molecule has 0 radical (unpaired) electrons. The van der Waals surface area contributed by atoms with Crippen molar-refractivity contribution in [3.63, 3.8) is 0 Å². The van der Waals surface area contributed by atoms with Gasteiger partial charge in [0.2, 0.25) is 0 Å². The average Bonchev–Trinajstić information content (AvgIpc) is 3.15. The van der Waals surface area contributed by atoms with Crippen LogP contribution < -0.4 is 14.8 Å². The van der Waals surface area contributed by atoms with Crippen molar-refractivity contribution in [2.24, 2.45) is 0 Å². The summed E-state index contributed by atoms with van der Waals surface area (Å²) in [7, 11) is 1.68. The van der Waals surface area contributed by atoms with Crippen LogP contribution in [0.25, 0.3) is 10.9 Å². The Morgan fingerprint density at radius 2 is 1.88 bits per heavy atom. The minimum absolute atomic E-state index is 0.297. The molecule has 1 saturated carbocycles. The average molecular weight is 334 g/mol. The zero-order chi connectivity index (χ0) is 17.1. The highest BCUT2D eigenvalue weighted by atomic mass is 16.5. The fraction of sp³-hybridized carbons (Fsp3) is 0.286. The van der Waals surface area contributed by atoms with Gasteiger partial charge < -0.3 is 14.8 Å². The van der Waals surface area contributed by atoms with Gasteiger partial charge in [0.1, 0.15) is 0 Å². The second-order valence-electron chi connectivity index (χ2n) is 6.39. The first-order valence-electron chi connectivity index (χ1n) is 8.79. The third-order valence-electron chi connectivity index (χ3n) is 4.68. The van der Waals surface area contributed by atoms with Gasteiger partial charge in [-0.3, -0.25) is 4.98 Å². The molecule has 25 heavy (non-hydrogen) atoms. The Morgan fingerprint density at radius 3 is 2.72 bits per heavy atom. The summed E-state index contributed by atoms with van der Waals surface area (Å²) in [6.45, 7) is 0. The van der Waals surface area contributed by atoms with E-state index in [0.717, 1.165) is 46.6 Å². The fourth-order valence-electron chi connectivity index (χ4n) is 3.40. The minimum atomic E-state index is 0.297. The van der Waals surface area contributed by atoms with Crippen LogP contribution in [0, 0.1) is 0 Å². The number of nitrogens with zero attached hydrogens (tertiary/aromatic N) is 1. The Morgan fingerprint density at radius 1 is 1.00 bits per heavy atom. The number of pyridine rings is 1. The number of rotatable bonds is 5. The van der Waals surface area contributed by atoms with Gasteiger partial charge in [0, 0.05) is 29.0 Å². The highest BCUT2D eigenvalue weighted by molar-refractivity contribution is 5.93. The molecule has 1 heterocycles. The van der Waals surface area contributed by atoms with Gasteiger partial charge in [-0.2, -0.15) is 0 Å². The van der Waals surface area contributed by atoms with Crippen molar-refractivity contribution in [2.75, 3.05) is 12.4 Å². The predicted molar refractivity (Wildman–Crippen MR) is 101 cm³/mol. The summed E-state index contributed by atoms with van der Waals surface area (Å²) in [6, 6.07) is 16.1. The van der Waals surface area contributed by atoms with E-state index < -0.39 is 0 Å². The molecule has 0 aliphatic heterocycles. The van der Waals surface area contributed by atoms with Crippen LogP contribution in [0.3, 0.4) is 0 Å². The molecule has 0 unspecified atom stereocenters. The molecule has 2 aromatic carbocycles. The smallest absolute Gasteiger partial charge is 0.163 e. The van der Waals surface area contributed by atoms with Crippen molar-refractivity contribution < 1.29 is 9.47 Å². The van der Waals surface area contributed by atoms with Crippen LogP contribution >= 0.6 is 0 Å². The molecule has 0 amide bonds. The third-order valence-corrected chi connectivity index (χ3v) is 4.68. The summed E-state index contributed by atoms with van der Waals surface area (Å²) < 4.78 is 11.7. The molecule has 1 fully saturated rings. The highest BCUT2D eigenvalue weighted by Gasteiger charge is 2.18. The fourth-order valence-corrected chi connectivity index (χ4v) is 3.40. The molecule has 3 aromatic rings. The van der Waals surface area contributed by atoms with Crippen LogP contribution in [0.1, 0.15) is 25.7 Å². The number of benzene rings is 2. The number of aromatic nitrogens is 1. The van der Waals surface area contributed by atoms with Crippen LogP contribution in [-0.2, 0) is 0 Å². The molecule has 4 rings (SSSR count). The van der Waals surface area contributed by atoms with E-state index in [0.29, 0.717) is 6.10 Å². The van der Waals surface area contributed by atoms with E-state index >= 15 is 0 Å². The maximum atomic E-state index is 6.19. The van der Waals surface area contributed by atoms with Crippen molar-refractivity contribution in [2.45, 2.75) is 31.8 Å². The predicted octanol–water partition coefficient (Wildman–Crippen LogP) is 5.31. The normalized spacial score (nSPS) is 14.6. The zero-order valence-corrected chi connectivity index (χ0v) is 14.4. The van der Waals surface area contributed by atoms with E-state index in [4.69, 9.17) is 9.47 Å². The molecule has 0 bridgehead atoms. The van der Waals surface area contributed by atoms with E-state index in [1.807, 2.05) is 42.6 Å². The van der Waals surface area contributed by atoms with Gasteiger partial charge in [0.25, 0.3) is 0 Å². The molecule has 1 aliphatic carbocycles. The lowest BCUT2D eigenvalue weighted by atomic mass is 10.1. The maximum absolute atomic E-state index is 6.19. The molecule has 1 aliphatic rings. The Balaban J connectivity index is 1.63. The number of hydrogen-bond donors (Lipinski definition) is 1. The van der Waals surface area contributed by atoms with Gasteiger partial charge in [-0.05, 0) is 62.1 Å². The lowest BCUT2D eigenvalue weighted by Gasteiger charge is -2.17. The van der Waals surface area contributed by atoms with Gasteiger partial charge in [-0.1, -0.05) is 6.07 Å². The first-order valence-corrected chi connectivity index (χ1v) is 8.79. The Hall–Kier alpha value is -2.75. The minimum Gasteiger partial charge on any atom is -0.493 e. The van der Waals surface area contributed by atoms with E-state index in [2.05, 4.69) is 22.4 Å². The Labute approximate surface area is 147 Å². The molecule has 0 atom stereocenters. The highest BCUT2D eigenvalue weighted by Crippen LogP contribution is 2.35. The van der Waals surface area contributed by atoms with Crippen molar-refractivity contribution >= 4 is 22.3 Å². The SMILES string of the molecule is COc1ccc(Nc2cccc3ncccc23)cc1OC1CCCC1. The zero-order valence-electron chi connectivity index (χ0n) is 14.4. The third kappa shape index (κ3) is 3.38. The molecular formula is C21H22N2O2. The summed E-state index contributed by atoms with van der Waals surface area (Å²) in [4.78, 5) is 4.41. The molecule has 4 heteroatoms. The molecule has 4 nitrogen and oxygen atoms in total. The largest absolute Gasteiger partial charge is 0.493 e. The number of methoxy groups -OCH3 is 1. The van der Waals surface area contributed by atoms with Gasteiger partial charge in [0.05, 0.1) is 18.7 Å². The Kier molecular flexibility index (Phi) is 4.42. The molecule has 0 spiro atoms. The van der Waals surface area contributed by atoms with Crippen LogP contribution in [0.4, 0.5) is 11.4 Å². The van der Waals surface area contributed by atoms with E-state index in [-0.39, 0.29) is 0 Å². The van der Waals surface area contributed by atoms with Crippen molar-refractivity contribution in [3.8, 4) is 11.5 Å². The number of ether oxygens (including phenoxy) is 2. The first-order chi connectivity index (χ1) is 12.3. The monoisotopic (exact) mass is 334 g/mol. The van der Waals surface area contributed by atoms with Gasteiger partial charge in [-0.25, -0.2) is 0 Å². The van der Waals surface area contributed by atoms with Crippen molar-refractivity contribution in [1.82, 2.24) is 4.98 Å². The molecule has 0 saturated heterocycles. The summed E-state index contributed by atoms with van der Waals surface area (Å²) >= 11 is 0. The quantitative estimate of drug-likeness (QED) is 0.687. The molecule has 128 valence electrons. The number of hydrogen-bond acceptors (Lipinski definition) is 4. The van der Waals surface area contributed by atoms with Crippen LogP contribution in [-0.4, -0.2) is 18.2 Å². The standard InChI is InChI=1S/C21H22N2O2/c1-24-20-12-11-15(14-21(20)25-16-6-2-3-7-16)23-19-10-4-9-18-17(19)8-5-13-22-18/h4-5,8-14,16,23H,2-3,6-7H2,1H3. The van der Waals surface area contributed by atoms with Crippen LogP contribution in [0.5, 0.6) is 11.5 Å². The molecule has 1 aromatic heterocycles. The topological polar surface area (TPSA) is 43.4 Å². The Bertz CT molecular complexity index is 867. The first kappa shape index (κ1) is 15.8. The number of anilines is 2. The van der Waals surface area contributed by atoms with Gasteiger partial charge >= 0.3 is 0 Å². The van der Waals surface area contributed by atoms with Crippen molar-refractivity contribution in [1.29, 1.82) is 0 Å². The van der Waals surface area contributed by atoms with Crippen LogP contribution in [0.15, 0.2) is 54.7 Å². The lowest BCUT2D eigenvalue weighted by Crippen LogP contribution is -2.11. The maximum Gasteiger partial charge on any atom is 0.163 e. The van der Waals surface area contributed by atoms with Gasteiger partial charge in [-0.15, -0.1) is 0 Å². The summed E-state index contributed by atoms with van der Waals surface area (Å²) in [6.07, 6.45) is 6.84. The lowest BCUT2D eigenvalue weighted by molar-refractivity contribution is 0.201. The summed E-state index contributed by atoms with van der Waals surface area (Å²) in [5.74, 6) is 1.58. The van der Waals surface area contributed by atoms with E-state index in [9.17, 15) is 0 Å². The second kappa shape index (κ2) is 7.01. The van der Waals surface area contributed by atoms with Gasteiger partial charge in [0.15, 0.2) is 11.5 Å². The number of fused-ring (bicyclic) bond motifs is 1. The second-order valence-corrected chi connectivity index (χ2v) is 6.39. The molecular weight excluding hydrogens is 312 g/mol. The van der Waals surface area contributed by atoms with Crippen LogP contribution in [0.2, 0.25) is 0 Å². The number of nitrogens with one attached hydrogen (secondary N) is 1. The van der Waals surface area contributed by atoms with E-state index in [1.54, 1.807) is 7.11 Å². The van der Waals surface area contributed by atoms with E-state index in [1.165, 1.54) is 12.8 Å². The summed E-state index contributed by atoms with van der Waals surface area (Å²) in [5, 5.41) is 4.58. The molecule has 1 N–H and O–H groups in total. The van der Waals surface area contributed by atoms with Crippen molar-refractivity contribution in [3.05, 3.63) is 54.7 Å². The summed E-state index contributed by atoms with van der Waals surface area (Å²) in [5.41, 5.74) is 2.98.